The first-order valence-electron chi connectivity index (χ1n) is 6.79. The second-order valence-corrected chi connectivity index (χ2v) is 5.64. The summed E-state index contributed by atoms with van der Waals surface area (Å²) in [5.41, 5.74) is 1.01. The molecule has 2 unspecified atom stereocenters. The SMILES string of the molecule is CC12CCC(CN1)N(CCc1ccccc1)C2=O. The predicted molar refractivity (Wildman–Crippen MR) is 71.3 cm³/mol. The molecule has 3 fully saturated rings. The fourth-order valence-corrected chi connectivity index (χ4v) is 3.10. The third kappa shape index (κ3) is 1.93. The van der Waals surface area contributed by atoms with E-state index in [1.807, 2.05) is 13.0 Å². The number of hydrogen-bond acceptors (Lipinski definition) is 2. The van der Waals surface area contributed by atoms with Gasteiger partial charge in [-0.15, -0.1) is 0 Å². The van der Waals surface area contributed by atoms with Crippen molar-refractivity contribution in [1.82, 2.24) is 10.2 Å². The van der Waals surface area contributed by atoms with E-state index in [9.17, 15) is 4.79 Å². The smallest absolute Gasteiger partial charge is 0.242 e. The molecule has 0 aromatic heterocycles. The van der Waals surface area contributed by atoms with E-state index in [1.54, 1.807) is 0 Å². The molecule has 3 heteroatoms. The largest absolute Gasteiger partial charge is 0.337 e. The molecule has 18 heavy (non-hydrogen) atoms. The summed E-state index contributed by atoms with van der Waals surface area (Å²) in [4.78, 5) is 14.5. The van der Waals surface area contributed by atoms with Gasteiger partial charge in [-0.2, -0.15) is 0 Å². The number of benzene rings is 1. The zero-order chi connectivity index (χ0) is 12.6. The summed E-state index contributed by atoms with van der Waals surface area (Å²) in [7, 11) is 0. The van der Waals surface area contributed by atoms with Crippen molar-refractivity contribution in [1.29, 1.82) is 0 Å². The van der Waals surface area contributed by atoms with Crippen molar-refractivity contribution < 1.29 is 4.79 Å². The fraction of sp³-hybridized carbons (Fsp3) is 0.533. The Labute approximate surface area is 108 Å². The first-order chi connectivity index (χ1) is 8.69. The molecule has 0 radical (unpaired) electrons. The number of amides is 1. The summed E-state index contributed by atoms with van der Waals surface area (Å²) in [5.74, 6) is 0.293. The lowest BCUT2D eigenvalue weighted by molar-refractivity contribution is -0.149. The van der Waals surface area contributed by atoms with Crippen molar-refractivity contribution in [2.45, 2.75) is 37.8 Å². The molecule has 4 rings (SSSR count). The zero-order valence-corrected chi connectivity index (χ0v) is 10.9. The highest BCUT2D eigenvalue weighted by Crippen LogP contribution is 2.31. The van der Waals surface area contributed by atoms with Crippen LogP contribution in [0.15, 0.2) is 30.3 Å². The Morgan fingerprint density at radius 1 is 1.39 bits per heavy atom. The second-order valence-electron chi connectivity index (χ2n) is 5.64. The average Bonchev–Trinajstić information content (AvgIpc) is 2.41. The van der Waals surface area contributed by atoms with Gasteiger partial charge in [0.05, 0.1) is 5.54 Å². The van der Waals surface area contributed by atoms with Crippen LogP contribution in [0.1, 0.15) is 25.3 Å². The molecule has 3 nitrogen and oxygen atoms in total. The van der Waals surface area contributed by atoms with Crippen molar-refractivity contribution in [2.24, 2.45) is 0 Å². The number of carbonyl (C=O) groups excluding carboxylic acids is 1. The molecule has 2 bridgehead atoms. The van der Waals surface area contributed by atoms with Gasteiger partial charge >= 0.3 is 0 Å². The number of nitrogens with zero attached hydrogens (tertiary/aromatic N) is 1. The summed E-state index contributed by atoms with van der Waals surface area (Å²) in [6, 6.07) is 10.8. The molecular weight excluding hydrogens is 224 g/mol. The van der Waals surface area contributed by atoms with Crippen LogP contribution in [0.2, 0.25) is 0 Å². The Hall–Kier alpha value is -1.35. The predicted octanol–water partition coefficient (Wildman–Crippen LogP) is 1.58. The maximum atomic E-state index is 12.4. The topological polar surface area (TPSA) is 32.3 Å². The number of fused-ring (bicyclic) bond motifs is 3. The zero-order valence-electron chi connectivity index (χ0n) is 10.9. The second kappa shape index (κ2) is 4.39. The molecule has 2 atom stereocenters. The van der Waals surface area contributed by atoms with E-state index in [2.05, 4.69) is 34.5 Å². The Kier molecular flexibility index (Phi) is 2.86. The standard InChI is InChI=1S/C15H20N2O/c1-15-9-7-13(11-16-15)17(14(15)18)10-8-12-5-3-2-4-6-12/h2-6,13,16H,7-11H2,1H3. The molecule has 96 valence electrons. The lowest BCUT2D eigenvalue weighted by atomic mass is 9.81. The van der Waals surface area contributed by atoms with Crippen LogP contribution in [-0.2, 0) is 11.2 Å². The normalized spacial score (nSPS) is 30.8. The van der Waals surface area contributed by atoms with Crippen molar-refractivity contribution in [3.05, 3.63) is 35.9 Å². The van der Waals surface area contributed by atoms with Crippen LogP contribution in [0.3, 0.4) is 0 Å². The van der Waals surface area contributed by atoms with E-state index in [1.165, 1.54) is 5.56 Å². The first-order valence-corrected chi connectivity index (χ1v) is 6.79. The molecule has 0 spiro atoms. The first kappa shape index (κ1) is 11.7. The van der Waals surface area contributed by atoms with Gasteiger partial charge < -0.3 is 10.2 Å². The van der Waals surface area contributed by atoms with Crippen LogP contribution >= 0.6 is 0 Å². The lowest BCUT2D eigenvalue weighted by Crippen LogP contribution is -2.70. The molecular formula is C15H20N2O. The van der Waals surface area contributed by atoms with E-state index >= 15 is 0 Å². The third-order valence-electron chi connectivity index (χ3n) is 4.36. The minimum Gasteiger partial charge on any atom is -0.337 e. The van der Waals surface area contributed by atoms with Crippen molar-refractivity contribution in [3.8, 4) is 0 Å². The van der Waals surface area contributed by atoms with Gasteiger partial charge in [0.15, 0.2) is 0 Å². The number of hydrogen-bond donors (Lipinski definition) is 1. The fourth-order valence-electron chi connectivity index (χ4n) is 3.10. The molecule has 0 aliphatic carbocycles. The molecule has 3 aliphatic rings. The van der Waals surface area contributed by atoms with Crippen molar-refractivity contribution in [3.63, 3.8) is 0 Å². The van der Waals surface area contributed by atoms with Crippen LogP contribution in [0.25, 0.3) is 0 Å². The van der Waals surface area contributed by atoms with Crippen LogP contribution in [0.4, 0.5) is 0 Å². The van der Waals surface area contributed by atoms with Gasteiger partial charge in [-0.1, -0.05) is 30.3 Å². The van der Waals surface area contributed by atoms with Gasteiger partial charge in [0.2, 0.25) is 5.91 Å². The van der Waals surface area contributed by atoms with E-state index < -0.39 is 0 Å². The maximum Gasteiger partial charge on any atom is 0.242 e. The number of piperidine rings is 2. The van der Waals surface area contributed by atoms with Crippen LogP contribution in [0.5, 0.6) is 0 Å². The molecule has 0 saturated carbocycles. The summed E-state index contributed by atoms with van der Waals surface area (Å²) in [6.07, 6.45) is 3.08. The summed E-state index contributed by atoms with van der Waals surface area (Å²) in [5, 5.41) is 3.38. The number of piperazine rings is 1. The number of nitrogens with one attached hydrogen (secondary N) is 1. The molecule has 3 aliphatic heterocycles. The Morgan fingerprint density at radius 3 is 2.83 bits per heavy atom. The molecule has 1 aromatic carbocycles. The highest BCUT2D eigenvalue weighted by atomic mass is 16.2. The minimum absolute atomic E-state index is 0.293. The molecule has 3 saturated heterocycles. The average molecular weight is 244 g/mol. The van der Waals surface area contributed by atoms with Crippen molar-refractivity contribution in [2.75, 3.05) is 13.1 Å². The van der Waals surface area contributed by atoms with Crippen LogP contribution in [0, 0.1) is 0 Å². The summed E-state index contributed by atoms with van der Waals surface area (Å²) >= 11 is 0. The molecule has 3 heterocycles. The molecule has 1 N–H and O–H groups in total. The Morgan fingerprint density at radius 2 is 2.17 bits per heavy atom. The van der Waals surface area contributed by atoms with Crippen LogP contribution < -0.4 is 5.32 Å². The van der Waals surface area contributed by atoms with Gasteiger partial charge in [-0.05, 0) is 31.7 Å². The summed E-state index contributed by atoms with van der Waals surface area (Å²) < 4.78 is 0. The van der Waals surface area contributed by atoms with Gasteiger partial charge in [-0.25, -0.2) is 0 Å². The summed E-state index contributed by atoms with van der Waals surface area (Å²) in [6.45, 7) is 3.85. The lowest BCUT2D eigenvalue weighted by Gasteiger charge is -2.51. The maximum absolute atomic E-state index is 12.4. The minimum atomic E-state index is -0.300. The Balaban J connectivity index is 1.68. The van der Waals surface area contributed by atoms with E-state index in [-0.39, 0.29) is 5.54 Å². The third-order valence-corrected chi connectivity index (χ3v) is 4.36. The quantitative estimate of drug-likeness (QED) is 0.875. The van der Waals surface area contributed by atoms with Gasteiger partial charge in [0, 0.05) is 19.1 Å². The Bertz CT molecular complexity index is 435. The van der Waals surface area contributed by atoms with Gasteiger partial charge in [0.25, 0.3) is 0 Å². The van der Waals surface area contributed by atoms with E-state index in [0.717, 1.165) is 32.4 Å². The van der Waals surface area contributed by atoms with E-state index in [4.69, 9.17) is 0 Å². The number of carbonyl (C=O) groups is 1. The highest BCUT2D eigenvalue weighted by Gasteiger charge is 2.47. The van der Waals surface area contributed by atoms with E-state index in [0.29, 0.717) is 11.9 Å². The highest BCUT2D eigenvalue weighted by molar-refractivity contribution is 5.88. The van der Waals surface area contributed by atoms with Gasteiger partial charge in [-0.3, -0.25) is 4.79 Å². The molecule has 1 amide bonds. The van der Waals surface area contributed by atoms with Crippen molar-refractivity contribution >= 4 is 5.91 Å². The van der Waals surface area contributed by atoms with Crippen LogP contribution in [-0.4, -0.2) is 35.5 Å². The number of rotatable bonds is 3. The monoisotopic (exact) mass is 244 g/mol. The molecule has 1 aromatic rings. The van der Waals surface area contributed by atoms with Gasteiger partial charge in [0.1, 0.15) is 0 Å².